The van der Waals surface area contributed by atoms with Gasteiger partial charge in [-0.05, 0) is 73.8 Å². The van der Waals surface area contributed by atoms with E-state index < -0.39 is 69.0 Å². The second-order valence-corrected chi connectivity index (χ2v) is 10.3. The molecule has 8 nitrogen and oxygen atoms in total. The summed E-state index contributed by atoms with van der Waals surface area (Å²) in [6.07, 6.45) is 0. The number of hydrogen-bond donors (Lipinski definition) is 1. The first-order valence-corrected chi connectivity index (χ1v) is 12.4. The number of carbonyl (C=O) groups excluding carboxylic acids is 2. The van der Waals surface area contributed by atoms with Crippen LogP contribution in [0.4, 0.5) is 17.6 Å². The van der Waals surface area contributed by atoms with Crippen LogP contribution in [0.15, 0.2) is 11.0 Å². The largest absolute Gasteiger partial charge is 0.744 e. The molecule has 0 radical (unpaired) electrons. The highest BCUT2D eigenvalue weighted by Gasteiger charge is 2.33. The third kappa shape index (κ3) is 5.55. The van der Waals surface area contributed by atoms with E-state index in [-0.39, 0.29) is 14.9 Å². The van der Waals surface area contributed by atoms with Gasteiger partial charge in [-0.15, -0.1) is 0 Å². The molecular weight excluding hydrogens is 809 g/mol. The Kier molecular flexibility index (Phi) is 8.95. The molecule has 0 atom stereocenters. The Morgan fingerprint density at radius 2 is 1.31 bits per heavy atom. The zero-order valence-electron chi connectivity index (χ0n) is 14.9. The lowest BCUT2D eigenvalue weighted by molar-refractivity contribution is 0.0256. The molecule has 16 heteroatoms. The third-order valence-electron chi connectivity index (χ3n) is 3.58. The number of phenolic OH excluding ortho intramolecular Hbond substituents is 1. The summed E-state index contributed by atoms with van der Waals surface area (Å²) in [7, 11) is -5.93. The van der Waals surface area contributed by atoms with Crippen molar-refractivity contribution in [3.8, 4) is 5.75 Å². The van der Waals surface area contributed by atoms with E-state index in [1.54, 1.807) is 22.6 Å². The highest BCUT2D eigenvalue weighted by molar-refractivity contribution is 14.1. The van der Waals surface area contributed by atoms with Crippen LogP contribution >= 0.6 is 67.8 Å². The summed E-state index contributed by atoms with van der Waals surface area (Å²) in [6.45, 7) is -1.46. The Labute approximate surface area is 217 Å². The smallest absolute Gasteiger partial charge is 0.344 e. The Morgan fingerprint density at radius 1 is 0.875 bits per heavy atom. The van der Waals surface area contributed by atoms with Crippen LogP contribution in [0.2, 0.25) is 0 Å². The Hall–Kier alpha value is -1.00. The van der Waals surface area contributed by atoms with Gasteiger partial charge in [-0.1, -0.05) is 0 Å². The number of aromatic hydroxyl groups is 1. The van der Waals surface area contributed by atoms with Crippen LogP contribution in [0.5, 0.6) is 5.75 Å². The Bertz CT molecular complexity index is 1210. The Morgan fingerprint density at radius 3 is 1.75 bits per heavy atom. The van der Waals surface area contributed by atoms with E-state index in [1.807, 2.05) is 45.2 Å². The van der Waals surface area contributed by atoms with Crippen molar-refractivity contribution in [2.24, 2.45) is 0 Å². The summed E-state index contributed by atoms with van der Waals surface area (Å²) in [5.41, 5.74) is -1.91. The minimum atomic E-state index is -5.93. The van der Waals surface area contributed by atoms with Crippen LogP contribution in [0.1, 0.15) is 20.7 Å². The summed E-state index contributed by atoms with van der Waals surface area (Å²) < 4.78 is 97.9. The van der Waals surface area contributed by atoms with Crippen molar-refractivity contribution in [1.29, 1.82) is 0 Å². The maximum absolute atomic E-state index is 13.9. The predicted octanol–water partition coefficient (Wildman–Crippen LogP) is 3.68. The van der Waals surface area contributed by atoms with Crippen molar-refractivity contribution >= 4 is 89.8 Å². The first-order chi connectivity index (χ1) is 14.7. The molecule has 0 amide bonds. The van der Waals surface area contributed by atoms with Crippen molar-refractivity contribution in [2.45, 2.75) is 4.90 Å². The lowest BCUT2D eigenvalue weighted by Gasteiger charge is -2.14. The monoisotopic (exact) mass is 815 g/mol. The number of benzene rings is 2. The summed E-state index contributed by atoms with van der Waals surface area (Å²) in [5, 5.41) is 9.91. The van der Waals surface area contributed by atoms with E-state index in [1.165, 1.54) is 6.07 Å². The van der Waals surface area contributed by atoms with Gasteiger partial charge in [0.25, 0.3) is 0 Å². The molecule has 2 aromatic carbocycles. The zero-order valence-corrected chi connectivity index (χ0v) is 22.1. The second-order valence-electron chi connectivity index (χ2n) is 5.56. The Balaban J connectivity index is 2.14. The van der Waals surface area contributed by atoms with E-state index in [4.69, 9.17) is 4.74 Å². The average molecular weight is 815 g/mol. The summed E-state index contributed by atoms with van der Waals surface area (Å²) in [4.78, 5) is 21.6. The first-order valence-electron chi connectivity index (χ1n) is 7.72. The van der Waals surface area contributed by atoms with Crippen molar-refractivity contribution in [2.75, 3.05) is 13.2 Å². The van der Waals surface area contributed by atoms with Crippen LogP contribution in [0, 0.1) is 34.0 Å². The molecule has 0 saturated carbocycles. The third-order valence-corrected chi connectivity index (χ3v) is 7.16. The van der Waals surface area contributed by atoms with E-state index >= 15 is 0 Å². The van der Waals surface area contributed by atoms with Gasteiger partial charge in [0.15, 0.2) is 23.3 Å². The molecule has 2 aromatic rings. The maximum Gasteiger partial charge on any atom is 0.344 e. The fourth-order valence-corrected chi connectivity index (χ4v) is 6.62. The van der Waals surface area contributed by atoms with E-state index in [0.717, 1.165) is 0 Å². The summed E-state index contributed by atoms with van der Waals surface area (Å²) in [5.74, 6) is -13.1. The molecule has 32 heavy (non-hydrogen) atoms. The highest BCUT2D eigenvalue weighted by Crippen LogP contribution is 2.33. The van der Waals surface area contributed by atoms with Crippen LogP contribution in [-0.4, -0.2) is 43.2 Å². The molecule has 1 N–H and O–H groups in total. The van der Waals surface area contributed by atoms with Gasteiger partial charge >= 0.3 is 11.9 Å². The van der Waals surface area contributed by atoms with Crippen LogP contribution < -0.4 is 0 Å². The van der Waals surface area contributed by atoms with Crippen LogP contribution in [0.25, 0.3) is 0 Å². The van der Waals surface area contributed by atoms with Crippen LogP contribution in [0.3, 0.4) is 0 Å². The molecule has 0 heterocycles. The van der Waals surface area contributed by atoms with Crippen molar-refractivity contribution in [3.63, 3.8) is 0 Å². The topological polar surface area (TPSA) is 130 Å². The summed E-state index contributed by atoms with van der Waals surface area (Å²) >= 11 is 5.37. The molecule has 0 spiro atoms. The van der Waals surface area contributed by atoms with Gasteiger partial charge in [-0.25, -0.2) is 35.6 Å². The van der Waals surface area contributed by atoms with E-state index in [0.29, 0.717) is 7.14 Å². The predicted molar refractivity (Wildman–Crippen MR) is 121 cm³/mol. The number of hydrogen-bond acceptors (Lipinski definition) is 8. The molecule has 0 aliphatic rings. The van der Waals surface area contributed by atoms with Crippen molar-refractivity contribution < 1.29 is 54.7 Å². The highest BCUT2D eigenvalue weighted by atomic mass is 127. The molecule has 0 aliphatic heterocycles. The number of carbonyl (C=O) groups is 2. The van der Waals surface area contributed by atoms with Crippen molar-refractivity contribution in [3.05, 3.63) is 51.2 Å². The van der Waals surface area contributed by atoms with Gasteiger partial charge in [-0.3, -0.25) is 0 Å². The molecule has 174 valence electrons. The molecule has 0 bridgehead atoms. The maximum atomic E-state index is 13.9. The first kappa shape index (κ1) is 27.2. The molecule has 0 unspecified atom stereocenters. The normalized spacial score (nSPS) is 11.4. The number of phenols is 1. The van der Waals surface area contributed by atoms with Gasteiger partial charge in [-0.2, -0.15) is 0 Å². The van der Waals surface area contributed by atoms with Gasteiger partial charge in [0.1, 0.15) is 39.5 Å². The molecule has 0 aliphatic carbocycles. The van der Waals surface area contributed by atoms with Gasteiger partial charge in [0.05, 0.1) is 12.7 Å². The molecule has 0 fully saturated rings. The fourth-order valence-electron chi connectivity index (χ4n) is 2.19. The molecule has 2 rings (SSSR count). The average Bonchev–Trinajstić information content (AvgIpc) is 2.67. The second kappa shape index (κ2) is 10.5. The summed E-state index contributed by atoms with van der Waals surface area (Å²) in [6, 6.07) is 1.50. The number of ether oxygens (including phenoxy) is 2. The SMILES string of the molecule is O=C(OCCOC(=O)c1c(I)cc(I)c(O)c1I)c1c(F)c(F)c(S(=O)(=O)[O-])c(F)c1F. The van der Waals surface area contributed by atoms with Gasteiger partial charge < -0.3 is 19.1 Å². The quantitative estimate of drug-likeness (QED) is 0.117. The van der Waals surface area contributed by atoms with Crippen LogP contribution in [-0.2, 0) is 19.6 Å². The fraction of sp³-hybridized carbons (Fsp3) is 0.125. The zero-order chi connectivity index (χ0) is 24.5. The molecule has 0 saturated heterocycles. The standard InChI is InChI=1S/C16H7F4I3O8S/c17-8-7(9(18)11(20)14(10(8)19)32(27,28)29)16(26)31-2-1-30-15(25)6-4(21)3-5(22)13(24)12(6)23/h3,24H,1-2H2,(H,27,28,29)/p-1. The van der Waals surface area contributed by atoms with Gasteiger partial charge in [0.2, 0.25) is 0 Å². The lowest BCUT2D eigenvalue weighted by atomic mass is 10.2. The van der Waals surface area contributed by atoms with Crippen molar-refractivity contribution in [1.82, 2.24) is 0 Å². The molecule has 0 aromatic heterocycles. The van der Waals surface area contributed by atoms with E-state index in [9.17, 15) is 45.2 Å². The minimum Gasteiger partial charge on any atom is -0.744 e. The number of halogens is 7. The number of esters is 2. The molecular formula is C16H6F4I3O8S-. The lowest BCUT2D eigenvalue weighted by Crippen LogP contribution is -2.20. The minimum absolute atomic E-state index is 0.00563. The number of rotatable bonds is 6. The van der Waals surface area contributed by atoms with E-state index in [2.05, 4.69) is 4.74 Å². The van der Waals surface area contributed by atoms with Gasteiger partial charge in [0, 0.05) is 3.57 Å².